The van der Waals surface area contributed by atoms with E-state index in [1.807, 2.05) is 31.2 Å². The lowest BCUT2D eigenvalue weighted by atomic mass is 9.81. The summed E-state index contributed by atoms with van der Waals surface area (Å²) in [5.74, 6) is -0.0458. The van der Waals surface area contributed by atoms with Crippen molar-refractivity contribution in [1.29, 1.82) is 0 Å². The molecule has 9 heteroatoms. The van der Waals surface area contributed by atoms with Gasteiger partial charge in [0.25, 0.3) is 5.91 Å². The van der Waals surface area contributed by atoms with Gasteiger partial charge in [0.2, 0.25) is 0 Å². The molecule has 0 saturated carbocycles. The predicted octanol–water partition coefficient (Wildman–Crippen LogP) is 3.83. The van der Waals surface area contributed by atoms with Crippen LogP contribution >= 0.6 is 11.6 Å². The zero-order chi connectivity index (χ0) is 25.9. The van der Waals surface area contributed by atoms with Crippen LogP contribution in [-0.4, -0.2) is 93.5 Å². The van der Waals surface area contributed by atoms with Crippen molar-refractivity contribution in [3.63, 3.8) is 0 Å². The maximum absolute atomic E-state index is 13.9. The molecule has 0 radical (unpaired) electrons. The summed E-state index contributed by atoms with van der Waals surface area (Å²) in [6, 6.07) is 11.8. The van der Waals surface area contributed by atoms with Gasteiger partial charge in [-0.2, -0.15) is 0 Å². The van der Waals surface area contributed by atoms with Gasteiger partial charge in [-0.25, -0.2) is 4.79 Å². The summed E-state index contributed by atoms with van der Waals surface area (Å²) in [5, 5.41) is 11.9. The van der Waals surface area contributed by atoms with E-state index in [9.17, 15) is 14.7 Å². The minimum atomic E-state index is -1.04. The highest BCUT2D eigenvalue weighted by Gasteiger charge is 2.60. The zero-order valence-electron chi connectivity index (χ0n) is 21.2. The predicted molar refractivity (Wildman–Crippen MR) is 143 cm³/mol. The van der Waals surface area contributed by atoms with Gasteiger partial charge in [-0.05, 0) is 68.4 Å². The molecule has 1 aromatic heterocycles. The monoisotopic (exact) mass is 521 g/mol. The number of phenolic OH excluding ortho intramolecular Hbond substituents is 1. The lowest BCUT2D eigenvalue weighted by Gasteiger charge is -2.42. The molecular formula is C28H32ClN5O3. The molecule has 0 unspecified atom stereocenters. The molecule has 0 bridgehead atoms. The molecule has 4 heterocycles. The standard InChI is InChI=1S/C28H32ClN5O3/c1-28-17-22-21-16-19(29)7-8-23(21)30-24(22)25(18-5-3-6-20(35)15-18)34(28)27(37)33(26(28)36)10-4-9-32-13-11-31(2)12-14-32/h3,5-8,15-16,25,30,35H,4,9-14,17H2,1-2H3/t25-,28+/m1/s1. The second kappa shape index (κ2) is 9.04. The van der Waals surface area contributed by atoms with Crippen molar-refractivity contribution in [2.24, 2.45) is 0 Å². The van der Waals surface area contributed by atoms with Crippen LogP contribution in [0, 0.1) is 0 Å². The summed E-state index contributed by atoms with van der Waals surface area (Å²) in [6.07, 6.45) is 1.14. The number of aromatic amines is 1. The van der Waals surface area contributed by atoms with E-state index in [2.05, 4.69) is 21.8 Å². The Labute approximate surface area is 221 Å². The molecular weight excluding hydrogens is 490 g/mol. The molecule has 37 heavy (non-hydrogen) atoms. The molecule has 2 saturated heterocycles. The average molecular weight is 522 g/mol. The van der Waals surface area contributed by atoms with Crippen molar-refractivity contribution in [2.75, 3.05) is 46.3 Å². The number of hydrogen-bond donors (Lipinski definition) is 2. The van der Waals surface area contributed by atoms with Crippen LogP contribution in [0.5, 0.6) is 5.75 Å². The van der Waals surface area contributed by atoms with Crippen LogP contribution in [-0.2, 0) is 11.2 Å². The molecule has 2 aromatic carbocycles. The molecule has 8 nitrogen and oxygen atoms in total. The number of aromatic nitrogens is 1. The zero-order valence-corrected chi connectivity index (χ0v) is 22.0. The van der Waals surface area contributed by atoms with Gasteiger partial charge in [0.05, 0.1) is 0 Å². The highest BCUT2D eigenvalue weighted by atomic mass is 35.5. The van der Waals surface area contributed by atoms with E-state index in [4.69, 9.17) is 11.6 Å². The number of piperazine rings is 1. The van der Waals surface area contributed by atoms with E-state index in [0.29, 0.717) is 18.0 Å². The van der Waals surface area contributed by atoms with Crippen LogP contribution in [0.1, 0.15) is 36.2 Å². The third-order valence-corrected chi connectivity index (χ3v) is 8.50. The van der Waals surface area contributed by atoms with Crippen LogP contribution in [0.3, 0.4) is 0 Å². The molecule has 2 fully saturated rings. The number of amides is 3. The Kier molecular flexibility index (Phi) is 5.93. The van der Waals surface area contributed by atoms with E-state index in [1.165, 1.54) is 4.90 Å². The second-order valence-corrected chi connectivity index (χ2v) is 11.2. The molecule has 0 spiro atoms. The maximum atomic E-state index is 13.9. The van der Waals surface area contributed by atoms with Crippen LogP contribution < -0.4 is 0 Å². The largest absolute Gasteiger partial charge is 0.508 e. The Morgan fingerprint density at radius 3 is 2.62 bits per heavy atom. The van der Waals surface area contributed by atoms with Crippen molar-refractivity contribution >= 4 is 34.4 Å². The number of H-pyrrole nitrogens is 1. The Hall–Kier alpha value is -3.07. The minimum absolute atomic E-state index is 0.118. The van der Waals surface area contributed by atoms with E-state index in [1.54, 1.807) is 23.1 Å². The van der Waals surface area contributed by atoms with Gasteiger partial charge >= 0.3 is 6.03 Å². The fraction of sp³-hybridized carbons (Fsp3) is 0.429. The van der Waals surface area contributed by atoms with Gasteiger partial charge in [-0.15, -0.1) is 0 Å². The summed E-state index contributed by atoms with van der Waals surface area (Å²) in [6.45, 7) is 7.21. The lowest BCUT2D eigenvalue weighted by molar-refractivity contribution is -0.133. The van der Waals surface area contributed by atoms with Gasteiger partial charge < -0.3 is 19.9 Å². The number of urea groups is 1. The third kappa shape index (κ3) is 3.98. The number of aromatic hydroxyl groups is 1. The molecule has 194 valence electrons. The SMILES string of the molecule is CN1CCN(CCCN2C(=O)N3[C@H](c4cccc(O)c4)c4[nH]c5ccc(Cl)cc5c4C[C@@]3(C)C2=O)CC1. The highest BCUT2D eigenvalue weighted by Crippen LogP contribution is 2.49. The van der Waals surface area contributed by atoms with Crippen LogP contribution in [0.25, 0.3) is 10.9 Å². The van der Waals surface area contributed by atoms with Crippen LogP contribution in [0.4, 0.5) is 4.79 Å². The summed E-state index contributed by atoms with van der Waals surface area (Å²) >= 11 is 6.35. The number of nitrogens with zero attached hydrogens (tertiary/aromatic N) is 4. The van der Waals surface area contributed by atoms with E-state index >= 15 is 0 Å². The number of carbonyl (C=O) groups excluding carboxylic acids is 2. The number of carbonyl (C=O) groups is 2. The quantitative estimate of drug-likeness (QED) is 0.499. The summed E-state index contributed by atoms with van der Waals surface area (Å²) in [4.78, 5) is 39.3. The van der Waals surface area contributed by atoms with Crippen molar-refractivity contribution in [2.45, 2.75) is 31.3 Å². The molecule has 2 atom stereocenters. The number of fused-ring (bicyclic) bond motifs is 4. The number of benzene rings is 2. The maximum Gasteiger partial charge on any atom is 0.328 e. The number of nitrogens with one attached hydrogen (secondary N) is 1. The van der Waals surface area contributed by atoms with Gasteiger partial charge in [0.1, 0.15) is 17.3 Å². The Morgan fingerprint density at radius 1 is 1.08 bits per heavy atom. The molecule has 3 aliphatic rings. The normalized spacial score (nSPS) is 24.7. The third-order valence-electron chi connectivity index (χ3n) is 8.27. The number of hydrogen-bond acceptors (Lipinski definition) is 5. The number of imide groups is 1. The van der Waals surface area contributed by atoms with Gasteiger partial charge in [-0.3, -0.25) is 14.6 Å². The highest BCUT2D eigenvalue weighted by molar-refractivity contribution is 6.31. The molecule has 3 amide bonds. The smallest absolute Gasteiger partial charge is 0.328 e. The Morgan fingerprint density at radius 2 is 1.86 bits per heavy atom. The van der Waals surface area contributed by atoms with Gasteiger partial charge in [-0.1, -0.05) is 23.7 Å². The van der Waals surface area contributed by atoms with Crippen molar-refractivity contribution in [1.82, 2.24) is 24.6 Å². The number of halogens is 1. The molecule has 6 rings (SSSR count). The van der Waals surface area contributed by atoms with Gasteiger partial charge in [0.15, 0.2) is 0 Å². The number of phenols is 1. The first-order valence-corrected chi connectivity index (χ1v) is 13.3. The first-order chi connectivity index (χ1) is 17.8. The van der Waals surface area contributed by atoms with Crippen molar-refractivity contribution in [3.05, 3.63) is 64.3 Å². The van der Waals surface area contributed by atoms with Crippen molar-refractivity contribution < 1.29 is 14.7 Å². The van der Waals surface area contributed by atoms with Crippen LogP contribution in [0.15, 0.2) is 42.5 Å². The Bertz CT molecular complexity index is 1380. The fourth-order valence-electron chi connectivity index (χ4n) is 6.25. The van der Waals surface area contributed by atoms with E-state index < -0.39 is 11.6 Å². The van der Waals surface area contributed by atoms with E-state index in [-0.39, 0.29) is 17.7 Å². The van der Waals surface area contributed by atoms with Gasteiger partial charge in [0, 0.05) is 60.8 Å². The van der Waals surface area contributed by atoms with Crippen LogP contribution in [0.2, 0.25) is 5.02 Å². The van der Waals surface area contributed by atoms with Crippen molar-refractivity contribution in [3.8, 4) is 5.75 Å². The average Bonchev–Trinajstić information content (AvgIpc) is 3.31. The molecule has 2 N–H and O–H groups in total. The first kappa shape index (κ1) is 24.3. The first-order valence-electron chi connectivity index (χ1n) is 12.9. The summed E-state index contributed by atoms with van der Waals surface area (Å²) < 4.78 is 0. The topological polar surface area (TPSA) is 83.1 Å². The summed E-state index contributed by atoms with van der Waals surface area (Å²) in [7, 11) is 2.13. The number of rotatable bonds is 5. The molecule has 0 aliphatic carbocycles. The molecule has 3 aromatic rings. The fourth-order valence-corrected chi connectivity index (χ4v) is 6.42. The van der Waals surface area contributed by atoms with E-state index in [0.717, 1.165) is 66.9 Å². The Balaban J connectivity index is 1.36. The number of likely N-dealkylation sites (N-methyl/N-ethyl adjacent to an activating group) is 1. The lowest BCUT2D eigenvalue weighted by Crippen LogP contribution is -2.53. The minimum Gasteiger partial charge on any atom is -0.508 e. The molecule has 3 aliphatic heterocycles. The second-order valence-electron chi connectivity index (χ2n) is 10.8. The summed E-state index contributed by atoms with van der Waals surface area (Å²) in [5.41, 5.74) is 2.48.